The summed E-state index contributed by atoms with van der Waals surface area (Å²) in [5.41, 5.74) is 2.89. The molecule has 2 aliphatic heterocycles. The van der Waals surface area contributed by atoms with E-state index in [0.717, 1.165) is 56.7 Å². The molecule has 0 N–H and O–H groups in total. The molecule has 4 atom stereocenters. The number of ether oxygens (including phenoxy) is 3. The van der Waals surface area contributed by atoms with Gasteiger partial charge >= 0.3 is 0 Å². The van der Waals surface area contributed by atoms with E-state index in [4.69, 9.17) is 14.2 Å². The zero-order valence-electron chi connectivity index (χ0n) is 19.9. The normalized spacial score (nSPS) is 31.0. The van der Waals surface area contributed by atoms with Crippen LogP contribution in [0, 0.1) is 0 Å². The van der Waals surface area contributed by atoms with Crippen LogP contribution >= 0.6 is 0 Å². The maximum atomic E-state index is 13.3. The van der Waals surface area contributed by atoms with Gasteiger partial charge in [0.15, 0.2) is 23.4 Å². The van der Waals surface area contributed by atoms with Gasteiger partial charge in [0, 0.05) is 37.7 Å². The number of rotatable bonds is 8. The molecule has 4 aliphatic rings. The fraction of sp³-hybridized carbons (Fsp3) is 0.483. The van der Waals surface area contributed by atoms with Crippen molar-refractivity contribution in [2.45, 2.75) is 61.7 Å². The van der Waals surface area contributed by atoms with Gasteiger partial charge in [-0.2, -0.15) is 0 Å². The highest BCUT2D eigenvalue weighted by Crippen LogP contribution is 2.66. The second kappa shape index (κ2) is 8.24. The maximum Gasteiger partial charge on any atom is 0.174 e. The van der Waals surface area contributed by atoms with Gasteiger partial charge in [-0.1, -0.05) is 42.5 Å². The van der Waals surface area contributed by atoms with Crippen molar-refractivity contribution < 1.29 is 19.0 Å². The largest absolute Gasteiger partial charge is 0.493 e. The molecule has 2 aromatic carbocycles. The van der Waals surface area contributed by atoms with Gasteiger partial charge in [-0.3, -0.25) is 9.69 Å². The van der Waals surface area contributed by atoms with Crippen molar-refractivity contribution in [3.8, 4) is 11.5 Å². The van der Waals surface area contributed by atoms with Crippen LogP contribution in [0.15, 0.2) is 55.1 Å². The lowest BCUT2D eigenvalue weighted by Crippen LogP contribution is -2.77. The van der Waals surface area contributed by atoms with Crippen LogP contribution in [0.2, 0.25) is 0 Å². The highest BCUT2D eigenvalue weighted by molar-refractivity contribution is 5.90. The molecule has 0 aromatic heterocycles. The minimum Gasteiger partial charge on any atom is -0.493 e. The number of hydrogen-bond acceptors (Lipinski definition) is 5. The molecular weight excluding hydrogens is 426 g/mol. The van der Waals surface area contributed by atoms with Crippen molar-refractivity contribution >= 4 is 5.78 Å². The van der Waals surface area contributed by atoms with Gasteiger partial charge in [0.25, 0.3) is 0 Å². The Labute approximate surface area is 201 Å². The van der Waals surface area contributed by atoms with Gasteiger partial charge in [0.05, 0.1) is 18.1 Å². The van der Waals surface area contributed by atoms with Crippen molar-refractivity contribution in [1.82, 2.24) is 4.90 Å². The fourth-order valence-corrected chi connectivity index (χ4v) is 7.39. The smallest absolute Gasteiger partial charge is 0.174 e. The third-order valence-electron chi connectivity index (χ3n) is 8.71. The number of nitrogens with zero attached hydrogens (tertiary/aromatic N) is 1. The first-order valence-corrected chi connectivity index (χ1v) is 12.6. The van der Waals surface area contributed by atoms with Crippen LogP contribution < -0.4 is 9.47 Å². The monoisotopic (exact) mass is 459 g/mol. The van der Waals surface area contributed by atoms with Crippen molar-refractivity contribution in [3.63, 3.8) is 0 Å². The van der Waals surface area contributed by atoms with Crippen LogP contribution in [0.5, 0.6) is 11.5 Å². The summed E-state index contributed by atoms with van der Waals surface area (Å²) >= 11 is 0. The number of ketones is 1. The highest BCUT2D eigenvalue weighted by Gasteiger charge is 2.74. The standard InChI is InChI=1S/C29H33NO4/c1-3-16-30-17-15-28-25-21-11-12-23(32-2)26(25)34-27(28)22(31)13-14-29(28,24(30)19-21)33-18-7-10-20-8-5-4-6-9-20/h3-6,8-9,11-12,24,27H,1,7,10,13-19H2,2H3/t24-,27+,28+,29-/m1/s1. The molecule has 5 heteroatoms. The molecule has 2 heterocycles. The van der Waals surface area contributed by atoms with Crippen LogP contribution in [0.1, 0.15) is 42.4 Å². The van der Waals surface area contributed by atoms with Crippen LogP contribution in [0.3, 0.4) is 0 Å². The zero-order chi connectivity index (χ0) is 23.3. The van der Waals surface area contributed by atoms with Crippen molar-refractivity contribution in [3.05, 3.63) is 71.8 Å². The minimum atomic E-state index is -0.492. The summed E-state index contributed by atoms with van der Waals surface area (Å²) < 4.78 is 19.3. The van der Waals surface area contributed by atoms with Gasteiger partial charge in [-0.05, 0) is 49.3 Å². The summed E-state index contributed by atoms with van der Waals surface area (Å²) in [5, 5.41) is 0. The van der Waals surface area contributed by atoms with E-state index in [0.29, 0.717) is 13.0 Å². The Bertz CT molecular complexity index is 1110. The SMILES string of the molecule is C=CCN1CC[C@]23c4c5ccc(OC)c4O[C@H]2C(=O)CC[C@@]3(OCCCc2ccccc2)[C@H]1C5. The number of likely N-dealkylation sites (tertiary alicyclic amines) is 1. The second-order valence-electron chi connectivity index (χ2n) is 10.1. The van der Waals surface area contributed by atoms with E-state index in [2.05, 4.69) is 47.9 Å². The highest BCUT2D eigenvalue weighted by atomic mass is 16.5. The first kappa shape index (κ1) is 21.9. The second-order valence-corrected chi connectivity index (χ2v) is 10.1. The van der Waals surface area contributed by atoms with E-state index in [1.807, 2.05) is 12.1 Å². The first-order valence-electron chi connectivity index (χ1n) is 12.6. The number of carbonyl (C=O) groups is 1. The Kier molecular flexibility index (Phi) is 5.30. The van der Waals surface area contributed by atoms with Gasteiger partial charge < -0.3 is 14.2 Å². The predicted molar refractivity (Wildman–Crippen MR) is 131 cm³/mol. The van der Waals surface area contributed by atoms with E-state index < -0.39 is 17.1 Å². The maximum absolute atomic E-state index is 13.3. The molecule has 6 rings (SSSR count). The molecule has 2 aromatic rings. The summed E-state index contributed by atoms with van der Waals surface area (Å²) in [7, 11) is 1.68. The van der Waals surface area contributed by atoms with Gasteiger partial charge in [-0.25, -0.2) is 0 Å². The van der Waals surface area contributed by atoms with Crippen molar-refractivity contribution in [2.24, 2.45) is 0 Å². The molecule has 5 nitrogen and oxygen atoms in total. The molecule has 1 saturated carbocycles. The van der Waals surface area contributed by atoms with E-state index in [-0.39, 0.29) is 11.8 Å². The number of piperidine rings is 1. The van der Waals surface area contributed by atoms with E-state index in [1.54, 1.807) is 7.11 Å². The lowest BCUT2D eigenvalue weighted by atomic mass is 9.48. The van der Waals surface area contributed by atoms with Crippen molar-refractivity contribution in [1.29, 1.82) is 0 Å². The number of carbonyl (C=O) groups excluding carboxylic acids is 1. The lowest BCUT2D eigenvalue weighted by Gasteiger charge is -2.64. The molecule has 2 fully saturated rings. The first-order chi connectivity index (χ1) is 16.6. The molecule has 0 unspecified atom stereocenters. The zero-order valence-corrected chi connectivity index (χ0v) is 19.9. The quantitative estimate of drug-likeness (QED) is 0.436. The lowest BCUT2D eigenvalue weighted by molar-refractivity contribution is -0.212. The summed E-state index contributed by atoms with van der Waals surface area (Å²) in [6, 6.07) is 14.9. The number of methoxy groups -OCH3 is 1. The van der Waals surface area contributed by atoms with Crippen LogP contribution in [-0.4, -0.2) is 55.2 Å². The number of aryl methyl sites for hydroxylation is 1. The van der Waals surface area contributed by atoms with Gasteiger partial charge in [-0.15, -0.1) is 6.58 Å². The van der Waals surface area contributed by atoms with Gasteiger partial charge in [0.2, 0.25) is 0 Å². The average Bonchev–Trinajstić information content (AvgIpc) is 3.22. The van der Waals surface area contributed by atoms with E-state index in [9.17, 15) is 4.79 Å². The number of benzene rings is 2. The molecule has 0 amide bonds. The van der Waals surface area contributed by atoms with E-state index >= 15 is 0 Å². The van der Waals surface area contributed by atoms with E-state index in [1.165, 1.54) is 16.7 Å². The summed E-state index contributed by atoms with van der Waals surface area (Å²) in [6.07, 6.45) is 6.42. The predicted octanol–water partition coefficient (Wildman–Crippen LogP) is 4.26. The van der Waals surface area contributed by atoms with Crippen molar-refractivity contribution in [2.75, 3.05) is 26.8 Å². The Hall–Kier alpha value is -2.63. The molecule has 0 radical (unpaired) electrons. The van der Waals surface area contributed by atoms with Crippen LogP contribution in [0.25, 0.3) is 0 Å². The number of hydrogen-bond donors (Lipinski definition) is 0. The van der Waals surface area contributed by atoms with Gasteiger partial charge in [0.1, 0.15) is 0 Å². The molecule has 178 valence electrons. The molecule has 1 spiro atoms. The Morgan fingerprint density at radius 3 is 2.85 bits per heavy atom. The van der Waals surface area contributed by atoms with Crippen LogP contribution in [0.4, 0.5) is 0 Å². The Morgan fingerprint density at radius 1 is 1.21 bits per heavy atom. The third kappa shape index (κ3) is 2.89. The molecule has 2 bridgehead atoms. The molecular formula is C29H33NO4. The van der Waals surface area contributed by atoms with Crippen LogP contribution in [-0.2, 0) is 27.8 Å². The summed E-state index contributed by atoms with van der Waals surface area (Å²) in [5.74, 6) is 1.69. The Balaban J connectivity index is 1.42. The topological polar surface area (TPSA) is 48.0 Å². The molecule has 34 heavy (non-hydrogen) atoms. The Morgan fingerprint density at radius 2 is 2.06 bits per heavy atom. The fourth-order valence-electron chi connectivity index (χ4n) is 7.39. The number of Topliss-reactive ketones (excluding diaryl/α,β-unsaturated/α-hetero) is 1. The third-order valence-corrected chi connectivity index (χ3v) is 8.71. The average molecular weight is 460 g/mol. The minimum absolute atomic E-state index is 0.196. The summed E-state index contributed by atoms with van der Waals surface area (Å²) in [6.45, 7) is 6.43. The molecule has 1 saturated heterocycles. The molecule has 2 aliphatic carbocycles. The summed E-state index contributed by atoms with van der Waals surface area (Å²) in [4.78, 5) is 15.9.